The molecule has 2 atom stereocenters. The summed E-state index contributed by atoms with van der Waals surface area (Å²) >= 11 is 5.83. The lowest BCUT2D eigenvalue weighted by molar-refractivity contribution is -0.131. The fourth-order valence-corrected chi connectivity index (χ4v) is 2.81. The maximum Gasteiger partial charge on any atom is 0.227 e. The highest BCUT2D eigenvalue weighted by molar-refractivity contribution is 6.30. The molecular weight excluding hydrogens is 262 g/mol. The highest BCUT2D eigenvalue weighted by Gasteiger charge is 2.29. The Hall–Kier alpha value is -1.06. The van der Waals surface area contributed by atoms with Crippen molar-refractivity contribution in [2.24, 2.45) is 0 Å². The first-order valence-corrected chi connectivity index (χ1v) is 7.16. The van der Waals surface area contributed by atoms with Crippen molar-refractivity contribution >= 4 is 17.5 Å². The molecule has 2 rings (SSSR count). The fourth-order valence-electron chi connectivity index (χ4n) is 2.68. The highest BCUT2D eigenvalue weighted by atomic mass is 35.5. The maximum absolute atomic E-state index is 12.3. The number of carbonyl (C=O) groups is 1. The summed E-state index contributed by atoms with van der Waals surface area (Å²) in [6, 6.07) is 7.59. The molecule has 1 aliphatic rings. The number of likely N-dealkylation sites (tertiary alicyclic amines) is 1. The lowest BCUT2D eigenvalue weighted by atomic mass is 10.1. The predicted octanol–water partition coefficient (Wildman–Crippen LogP) is 2.64. The van der Waals surface area contributed by atoms with Gasteiger partial charge in [0.2, 0.25) is 5.91 Å². The average Bonchev–Trinajstić information content (AvgIpc) is 2.79. The average molecular weight is 282 g/mol. The number of hydrogen-bond donors (Lipinski definition) is 1. The Morgan fingerprint density at radius 1 is 1.47 bits per heavy atom. The smallest absolute Gasteiger partial charge is 0.227 e. The molecule has 4 heteroatoms. The second kappa shape index (κ2) is 6.40. The molecule has 1 fully saturated rings. The van der Waals surface area contributed by atoms with Gasteiger partial charge in [-0.3, -0.25) is 4.79 Å². The summed E-state index contributed by atoms with van der Waals surface area (Å²) in [5.74, 6) is 0.144. The van der Waals surface area contributed by atoms with Crippen molar-refractivity contribution in [3.63, 3.8) is 0 Å². The van der Waals surface area contributed by atoms with Gasteiger partial charge in [-0.1, -0.05) is 23.7 Å². The molecule has 2 unspecified atom stereocenters. The van der Waals surface area contributed by atoms with Gasteiger partial charge in [0.15, 0.2) is 0 Å². The van der Waals surface area contributed by atoms with Gasteiger partial charge >= 0.3 is 0 Å². The normalized spacial score (nSPS) is 20.6. The monoisotopic (exact) mass is 281 g/mol. The van der Waals surface area contributed by atoms with Crippen LogP contribution in [-0.4, -0.2) is 34.6 Å². The summed E-state index contributed by atoms with van der Waals surface area (Å²) < 4.78 is 0. The minimum Gasteiger partial charge on any atom is -0.393 e. The van der Waals surface area contributed by atoms with E-state index in [0.29, 0.717) is 17.9 Å². The van der Waals surface area contributed by atoms with E-state index in [9.17, 15) is 9.90 Å². The molecule has 0 aromatic heterocycles. The molecule has 0 saturated carbocycles. The molecule has 0 radical (unpaired) electrons. The van der Waals surface area contributed by atoms with E-state index >= 15 is 0 Å². The molecule has 1 aliphatic heterocycles. The van der Waals surface area contributed by atoms with Crippen LogP contribution in [0, 0.1) is 0 Å². The molecule has 1 amide bonds. The number of benzene rings is 1. The predicted molar refractivity (Wildman–Crippen MR) is 76.2 cm³/mol. The zero-order chi connectivity index (χ0) is 13.8. The van der Waals surface area contributed by atoms with Crippen molar-refractivity contribution in [3.8, 4) is 0 Å². The summed E-state index contributed by atoms with van der Waals surface area (Å²) in [4.78, 5) is 14.2. The van der Waals surface area contributed by atoms with Gasteiger partial charge < -0.3 is 10.0 Å². The van der Waals surface area contributed by atoms with E-state index in [4.69, 9.17) is 11.6 Å². The number of aliphatic hydroxyl groups excluding tert-OH is 1. The van der Waals surface area contributed by atoms with Gasteiger partial charge in [-0.15, -0.1) is 0 Å². The molecule has 0 aliphatic carbocycles. The molecule has 1 N–H and O–H groups in total. The van der Waals surface area contributed by atoms with Crippen molar-refractivity contribution in [3.05, 3.63) is 34.9 Å². The summed E-state index contributed by atoms with van der Waals surface area (Å²) in [5, 5.41) is 10.2. The molecule has 0 spiro atoms. The van der Waals surface area contributed by atoms with Gasteiger partial charge in [-0.2, -0.15) is 0 Å². The van der Waals surface area contributed by atoms with Crippen LogP contribution in [0.5, 0.6) is 0 Å². The number of hydrogen-bond acceptors (Lipinski definition) is 2. The van der Waals surface area contributed by atoms with Crippen molar-refractivity contribution in [1.82, 2.24) is 4.90 Å². The second-order valence-corrected chi connectivity index (χ2v) is 5.71. The number of aliphatic hydroxyl groups is 1. The Balaban J connectivity index is 1.97. The van der Waals surface area contributed by atoms with Crippen LogP contribution < -0.4 is 0 Å². The van der Waals surface area contributed by atoms with E-state index in [1.54, 1.807) is 19.1 Å². The van der Waals surface area contributed by atoms with E-state index in [2.05, 4.69) is 0 Å². The molecule has 1 aromatic rings. The van der Waals surface area contributed by atoms with E-state index in [1.165, 1.54) is 0 Å². The number of carbonyl (C=O) groups excluding carboxylic acids is 1. The van der Waals surface area contributed by atoms with Gasteiger partial charge in [-0.05, 0) is 43.9 Å². The molecule has 3 nitrogen and oxygen atoms in total. The Bertz CT molecular complexity index is 430. The molecule has 1 heterocycles. The quantitative estimate of drug-likeness (QED) is 0.922. The van der Waals surface area contributed by atoms with E-state index in [-0.39, 0.29) is 18.1 Å². The van der Waals surface area contributed by atoms with Gasteiger partial charge in [0.25, 0.3) is 0 Å². The third kappa shape index (κ3) is 3.95. The zero-order valence-corrected chi connectivity index (χ0v) is 11.9. The van der Waals surface area contributed by atoms with Crippen LogP contribution in [0.1, 0.15) is 31.7 Å². The van der Waals surface area contributed by atoms with Crippen LogP contribution in [0.25, 0.3) is 0 Å². The Kier molecular flexibility index (Phi) is 4.83. The molecule has 0 bridgehead atoms. The first-order chi connectivity index (χ1) is 9.06. The second-order valence-electron chi connectivity index (χ2n) is 5.27. The van der Waals surface area contributed by atoms with Crippen LogP contribution in [-0.2, 0) is 11.2 Å². The number of amides is 1. The summed E-state index contributed by atoms with van der Waals surface area (Å²) in [7, 11) is 0. The van der Waals surface area contributed by atoms with Gasteiger partial charge in [0, 0.05) is 17.6 Å². The molecule has 104 valence electrons. The van der Waals surface area contributed by atoms with Gasteiger partial charge in [0.1, 0.15) is 0 Å². The first kappa shape index (κ1) is 14.4. The van der Waals surface area contributed by atoms with Crippen LogP contribution in [0.15, 0.2) is 24.3 Å². The first-order valence-electron chi connectivity index (χ1n) is 6.78. The summed E-state index contributed by atoms with van der Waals surface area (Å²) in [6.45, 7) is 2.59. The standard InChI is InChI=1S/C15H20ClNO2/c1-11(18)9-14-3-2-8-17(14)15(19)10-12-4-6-13(16)7-5-12/h4-7,11,14,18H,2-3,8-10H2,1H3. The van der Waals surface area contributed by atoms with Crippen LogP contribution in [0.4, 0.5) is 0 Å². The third-order valence-corrected chi connectivity index (χ3v) is 3.83. The van der Waals surface area contributed by atoms with Crippen molar-refractivity contribution in [2.75, 3.05) is 6.54 Å². The van der Waals surface area contributed by atoms with E-state index in [0.717, 1.165) is 24.9 Å². The topological polar surface area (TPSA) is 40.5 Å². The summed E-state index contributed by atoms with van der Waals surface area (Å²) in [6.07, 6.45) is 2.76. The molecule has 1 aromatic carbocycles. The Labute approximate surface area is 119 Å². The fraction of sp³-hybridized carbons (Fsp3) is 0.533. The van der Waals surface area contributed by atoms with Crippen molar-refractivity contribution < 1.29 is 9.90 Å². The van der Waals surface area contributed by atoms with Gasteiger partial charge in [-0.25, -0.2) is 0 Å². The third-order valence-electron chi connectivity index (χ3n) is 3.58. The SMILES string of the molecule is CC(O)CC1CCCN1C(=O)Cc1ccc(Cl)cc1. The number of halogens is 1. The highest BCUT2D eigenvalue weighted by Crippen LogP contribution is 2.22. The molecule has 1 saturated heterocycles. The van der Waals surface area contributed by atoms with Crippen molar-refractivity contribution in [2.45, 2.75) is 44.8 Å². The summed E-state index contributed by atoms with van der Waals surface area (Å²) in [5.41, 5.74) is 0.983. The zero-order valence-electron chi connectivity index (χ0n) is 11.2. The maximum atomic E-state index is 12.3. The van der Waals surface area contributed by atoms with Crippen molar-refractivity contribution in [1.29, 1.82) is 0 Å². The molecule has 19 heavy (non-hydrogen) atoms. The minimum absolute atomic E-state index is 0.144. The van der Waals surface area contributed by atoms with Gasteiger partial charge in [0.05, 0.1) is 12.5 Å². The lowest BCUT2D eigenvalue weighted by Gasteiger charge is -2.25. The lowest BCUT2D eigenvalue weighted by Crippen LogP contribution is -2.38. The van der Waals surface area contributed by atoms with E-state index < -0.39 is 0 Å². The van der Waals surface area contributed by atoms with E-state index in [1.807, 2.05) is 17.0 Å². The largest absolute Gasteiger partial charge is 0.393 e. The Morgan fingerprint density at radius 3 is 2.79 bits per heavy atom. The number of nitrogens with zero attached hydrogens (tertiary/aromatic N) is 1. The van der Waals surface area contributed by atoms with Crippen LogP contribution >= 0.6 is 11.6 Å². The minimum atomic E-state index is -0.353. The van der Waals surface area contributed by atoms with Crippen LogP contribution in [0.3, 0.4) is 0 Å². The number of rotatable bonds is 4. The van der Waals surface area contributed by atoms with Crippen LogP contribution in [0.2, 0.25) is 5.02 Å². The Morgan fingerprint density at radius 2 is 2.16 bits per heavy atom. The molecular formula is C15H20ClNO2.